The fourth-order valence-corrected chi connectivity index (χ4v) is 3.94. The number of hydrogen-bond acceptors (Lipinski definition) is 9. The quantitative estimate of drug-likeness (QED) is 0.421. The van der Waals surface area contributed by atoms with Crippen LogP contribution in [0.3, 0.4) is 0 Å². The van der Waals surface area contributed by atoms with Gasteiger partial charge in [0.2, 0.25) is 11.7 Å². The molecule has 0 aliphatic carbocycles. The molecule has 0 unspecified atom stereocenters. The molecule has 0 spiro atoms. The number of aromatic nitrogens is 3. The van der Waals surface area contributed by atoms with Crippen LogP contribution in [-0.4, -0.2) is 56.1 Å². The predicted octanol–water partition coefficient (Wildman–Crippen LogP) is 4.00. The third kappa shape index (κ3) is 3.72. The molecule has 0 saturated heterocycles. The van der Waals surface area contributed by atoms with Gasteiger partial charge in [-0.05, 0) is 12.1 Å². The van der Waals surface area contributed by atoms with Crippen molar-refractivity contribution >= 4 is 28.5 Å². The van der Waals surface area contributed by atoms with Crippen molar-refractivity contribution in [3.05, 3.63) is 42.6 Å². The number of pyridine rings is 1. The first-order valence-corrected chi connectivity index (χ1v) is 10.7. The normalized spacial score (nSPS) is 12.4. The summed E-state index contributed by atoms with van der Waals surface area (Å²) in [5.74, 6) is 4.35. The molecule has 4 aromatic rings. The molecule has 5 rings (SSSR count). The summed E-state index contributed by atoms with van der Waals surface area (Å²) in [6, 6.07) is 11.4. The smallest absolute Gasteiger partial charge is 0.208 e. The summed E-state index contributed by atoms with van der Waals surface area (Å²) in [6.45, 7) is 1.08. The Labute approximate surface area is 196 Å². The summed E-state index contributed by atoms with van der Waals surface area (Å²) in [6.07, 6.45) is 1.73. The van der Waals surface area contributed by atoms with Crippen molar-refractivity contribution in [2.24, 2.45) is 0 Å². The van der Waals surface area contributed by atoms with Crippen molar-refractivity contribution in [2.45, 2.75) is 0 Å². The Morgan fingerprint density at radius 2 is 1.65 bits per heavy atom. The zero-order chi connectivity index (χ0) is 23.7. The summed E-state index contributed by atoms with van der Waals surface area (Å²) >= 11 is 0. The molecule has 176 valence electrons. The maximum Gasteiger partial charge on any atom is 0.208 e. The molecule has 0 saturated carbocycles. The molecule has 10 nitrogen and oxygen atoms in total. The number of methoxy groups -OCH3 is 3. The summed E-state index contributed by atoms with van der Waals surface area (Å²) in [7, 11) is 6.57. The second-order valence-corrected chi connectivity index (χ2v) is 7.45. The zero-order valence-corrected chi connectivity index (χ0v) is 19.3. The first-order chi connectivity index (χ1) is 16.6. The fourth-order valence-electron chi connectivity index (χ4n) is 3.94. The molecule has 3 heterocycles. The molecular formula is C24H25N5O5. The molecular weight excluding hydrogens is 438 g/mol. The molecule has 2 N–H and O–H groups in total. The van der Waals surface area contributed by atoms with Crippen LogP contribution in [-0.2, 0) is 0 Å². The van der Waals surface area contributed by atoms with Gasteiger partial charge in [0.1, 0.15) is 24.5 Å². The van der Waals surface area contributed by atoms with Crippen LogP contribution >= 0.6 is 0 Å². The van der Waals surface area contributed by atoms with Crippen LogP contribution in [0.2, 0.25) is 0 Å². The minimum atomic E-state index is 0.520. The first kappa shape index (κ1) is 21.5. The van der Waals surface area contributed by atoms with E-state index in [1.54, 1.807) is 27.5 Å². The van der Waals surface area contributed by atoms with Crippen LogP contribution in [0.4, 0.5) is 17.5 Å². The molecule has 0 fully saturated rings. The Kier molecular flexibility index (Phi) is 5.62. The van der Waals surface area contributed by atoms with E-state index in [1.165, 1.54) is 0 Å². The Bertz CT molecular complexity index is 1330. The van der Waals surface area contributed by atoms with Crippen LogP contribution in [0.5, 0.6) is 28.7 Å². The Morgan fingerprint density at radius 3 is 2.32 bits per heavy atom. The van der Waals surface area contributed by atoms with E-state index >= 15 is 0 Å². The Morgan fingerprint density at radius 1 is 0.912 bits per heavy atom. The number of benzene rings is 2. The monoisotopic (exact) mass is 463 g/mol. The van der Waals surface area contributed by atoms with Crippen LogP contribution in [0.1, 0.15) is 0 Å². The SMILES string of the molecule is CNc1nc2cnc(Nc3ccc4c(c3)OCCO4)cc2n1-c1cc(OC)c(OC)c(OC)c1. The average molecular weight is 463 g/mol. The summed E-state index contributed by atoms with van der Waals surface area (Å²) < 4.78 is 29.8. The summed E-state index contributed by atoms with van der Waals surface area (Å²) in [5, 5.41) is 6.49. The number of nitrogens with one attached hydrogen (secondary N) is 2. The van der Waals surface area contributed by atoms with E-state index in [4.69, 9.17) is 23.7 Å². The highest BCUT2D eigenvalue weighted by Crippen LogP contribution is 2.41. The molecule has 2 aromatic carbocycles. The maximum atomic E-state index is 5.69. The van der Waals surface area contributed by atoms with Gasteiger partial charge < -0.3 is 34.3 Å². The number of hydrogen-bond donors (Lipinski definition) is 2. The van der Waals surface area contributed by atoms with E-state index in [0.29, 0.717) is 48.0 Å². The van der Waals surface area contributed by atoms with Gasteiger partial charge in [-0.3, -0.25) is 4.57 Å². The predicted molar refractivity (Wildman–Crippen MR) is 129 cm³/mol. The molecule has 0 radical (unpaired) electrons. The lowest BCUT2D eigenvalue weighted by Crippen LogP contribution is -2.15. The van der Waals surface area contributed by atoms with Gasteiger partial charge in [0.05, 0.1) is 38.7 Å². The molecule has 2 aromatic heterocycles. The largest absolute Gasteiger partial charge is 0.493 e. The zero-order valence-electron chi connectivity index (χ0n) is 19.3. The van der Waals surface area contributed by atoms with Gasteiger partial charge in [0.15, 0.2) is 23.0 Å². The van der Waals surface area contributed by atoms with Crippen molar-refractivity contribution < 1.29 is 23.7 Å². The molecule has 10 heteroatoms. The Balaban J connectivity index is 1.59. The van der Waals surface area contributed by atoms with Crippen molar-refractivity contribution in [1.29, 1.82) is 0 Å². The van der Waals surface area contributed by atoms with Gasteiger partial charge in [-0.15, -0.1) is 0 Å². The van der Waals surface area contributed by atoms with Gasteiger partial charge in [-0.25, -0.2) is 9.97 Å². The average Bonchev–Trinajstić information content (AvgIpc) is 3.25. The molecule has 0 amide bonds. The fraction of sp³-hybridized carbons (Fsp3) is 0.250. The Hall–Kier alpha value is -4.34. The minimum absolute atomic E-state index is 0.520. The molecule has 0 atom stereocenters. The van der Waals surface area contributed by atoms with Crippen molar-refractivity contribution in [3.63, 3.8) is 0 Å². The van der Waals surface area contributed by atoms with Gasteiger partial charge in [0, 0.05) is 37.0 Å². The second-order valence-electron chi connectivity index (χ2n) is 7.45. The van der Waals surface area contributed by atoms with E-state index < -0.39 is 0 Å². The number of imidazole rings is 1. The maximum absolute atomic E-state index is 5.69. The number of nitrogens with zero attached hydrogens (tertiary/aromatic N) is 3. The van der Waals surface area contributed by atoms with Gasteiger partial charge in [-0.2, -0.15) is 0 Å². The topological polar surface area (TPSA) is 101 Å². The van der Waals surface area contributed by atoms with Gasteiger partial charge >= 0.3 is 0 Å². The highest BCUT2D eigenvalue weighted by atomic mass is 16.6. The van der Waals surface area contributed by atoms with Crippen LogP contribution in [0.15, 0.2) is 42.6 Å². The summed E-state index contributed by atoms with van der Waals surface area (Å²) in [4.78, 5) is 9.21. The molecule has 34 heavy (non-hydrogen) atoms. The third-order valence-corrected chi connectivity index (χ3v) is 5.49. The van der Waals surface area contributed by atoms with Crippen molar-refractivity contribution in [2.75, 3.05) is 52.2 Å². The number of anilines is 3. The molecule has 1 aliphatic heterocycles. The van der Waals surface area contributed by atoms with Gasteiger partial charge in [-0.1, -0.05) is 0 Å². The lowest BCUT2D eigenvalue weighted by Gasteiger charge is -2.19. The minimum Gasteiger partial charge on any atom is -0.493 e. The van der Waals surface area contributed by atoms with E-state index in [9.17, 15) is 0 Å². The van der Waals surface area contributed by atoms with E-state index in [-0.39, 0.29) is 0 Å². The summed E-state index contributed by atoms with van der Waals surface area (Å²) in [5.41, 5.74) is 3.20. The van der Waals surface area contributed by atoms with Crippen molar-refractivity contribution in [1.82, 2.24) is 14.5 Å². The van der Waals surface area contributed by atoms with E-state index in [0.717, 1.165) is 28.2 Å². The lowest BCUT2D eigenvalue weighted by atomic mass is 10.2. The number of fused-ring (bicyclic) bond motifs is 2. The second kappa shape index (κ2) is 8.89. The van der Waals surface area contributed by atoms with E-state index in [2.05, 4.69) is 20.6 Å². The lowest BCUT2D eigenvalue weighted by molar-refractivity contribution is 0.171. The number of rotatable bonds is 7. The molecule has 1 aliphatic rings. The highest BCUT2D eigenvalue weighted by molar-refractivity contribution is 5.84. The van der Waals surface area contributed by atoms with Crippen molar-refractivity contribution in [3.8, 4) is 34.4 Å². The third-order valence-electron chi connectivity index (χ3n) is 5.49. The van der Waals surface area contributed by atoms with Crippen LogP contribution in [0, 0.1) is 0 Å². The first-order valence-electron chi connectivity index (χ1n) is 10.7. The van der Waals surface area contributed by atoms with Gasteiger partial charge in [0.25, 0.3) is 0 Å². The highest BCUT2D eigenvalue weighted by Gasteiger charge is 2.19. The standard InChI is InChI=1S/C24H25N5O5/c1-25-24-28-16-13-26-22(27-14-5-6-18-19(9-14)34-8-7-33-18)12-17(16)29(24)15-10-20(30-2)23(32-4)21(11-15)31-3/h5-6,9-13H,7-8H2,1-4H3,(H,25,28)(H,26,27). The molecule has 0 bridgehead atoms. The van der Waals surface area contributed by atoms with Crippen LogP contribution in [0.25, 0.3) is 16.7 Å². The van der Waals surface area contributed by atoms with E-state index in [1.807, 2.05) is 48.0 Å². The number of ether oxygens (including phenoxy) is 5. The van der Waals surface area contributed by atoms with Crippen LogP contribution < -0.4 is 34.3 Å².